The molecule has 2 aromatic heterocycles. The van der Waals surface area contributed by atoms with Crippen LogP contribution in [0.1, 0.15) is 49.6 Å². The molecule has 1 saturated carbocycles. The van der Waals surface area contributed by atoms with Crippen LogP contribution in [-0.2, 0) is 5.75 Å². The number of aryl methyl sites for hydroxylation is 1. The van der Waals surface area contributed by atoms with Crippen LogP contribution >= 0.6 is 11.8 Å². The Bertz CT molecular complexity index is 1280. The van der Waals surface area contributed by atoms with Crippen LogP contribution in [0.4, 0.5) is 0 Å². The van der Waals surface area contributed by atoms with Crippen molar-refractivity contribution in [3.8, 4) is 34.3 Å². The summed E-state index contributed by atoms with van der Waals surface area (Å²) in [5.41, 5.74) is 2.88. The van der Waals surface area contributed by atoms with Gasteiger partial charge in [-0.2, -0.15) is 0 Å². The molecule has 7 nitrogen and oxygen atoms in total. The van der Waals surface area contributed by atoms with Crippen molar-refractivity contribution in [1.82, 2.24) is 19.7 Å². The van der Waals surface area contributed by atoms with E-state index in [4.69, 9.17) is 18.9 Å². The number of hydrogen-bond donors (Lipinski definition) is 0. The van der Waals surface area contributed by atoms with Crippen molar-refractivity contribution in [1.29, 1.82) is 0 Å². The number of methoxy groups -OCH3 is 2. The van der Waals surface area contributed by atoms with E-state index in [1.807, 2.05) is 55.5 Å². The Hall–Kier alpha value is -3.26. The van der Waals surface area contributed by atoms with Crippen LogP contribution in [0.3, 0.4) is 0 Å². The van der Waals surface area contributed by atoms with E-state index in [-0.39, 0.29) is 0 Å². The van der Waals surface area contributed by atoms with E-state index in [1.165, 1.54) is 19.3 Å². The molecule has 0 amide bonds. The first kappa shape index (κ1) is 23.5. The Morgan fingerprint density at radius 3 is 2.46 bits per heavy atom. The smallest absolute Gasteiger partial charge is 0.226 e. The molecule has 35 heavy (non-hydrogen) atoms. The Balaban J connectivity index is 1.45. The SMILES string of the molecule is COc1ccc(-c2nnc(SCc3nc(-c4ccccc4)oc3C)n2C2CCCCC2)cc1OC. The van der Waals surface area contributed by atoms with Crippen molar-refractivity contribution in [3.63, 3.8) is 0 Å². The summed E-state index contributed by atoms with van der Waals surface area (Å²) >= 11 is 1.66. The molecule has 0 aliphatic heterocycles. The summed E-state index contributed by atoms with van der Waals surface area (Å²) in [5, 5.41) is 10.2. The second-order valence-electron chi connectivity index (χ2n) is 8.71. The van der Waals surface area contributed by atoms with Gasteiger partial charge in [0, 0.05) is 22.9 Å². The van der Waals surface area contributed by atoms with Crippen LogP contribution < -0.4 is 9.47 Å². The van der Waals surface area contributed by atoms with Crippen LogP contribution in [0.25, 0.3) is 22.8 Å². The largest absolute Gasteiger partial charge is 0.493 e. The summed E-state index contributed by atoms with van der Waals surface area (Å²) in [6.07, 6.45) is 6.00. The van der Waals surface area contributed by atoms with E-state index < -0.39 is 0 Å². The highest BCUT2D eigenvalue weighted by atomic mass is 32.2. The summed E-state index contributed by atoms with van der Waals surface area (Å²) in [5.74, 6) is 4.40. The van der Waals surface area contributed by atoms with E-state index in [0.717, 1.165) is 46.4 Å². The maximum atomic E-state index is 5.96. The van der Waals surface area contributed by atoms with E-state index in [9.17, 15) is 0 Å². The van der Waals surface area contributed by atoms with Gasteiger partial charge in [-0.15, -0.1) is 10.2 Å². The van der Waals surface area contributed by atoms with Crippen molar-refractivity contribution < 1.29 is 13.9 Å². The molecule has 0 saturated heterocycles. The number of hydrogen-bond acceptors (Lipinski definition) is 7. The highest BCUT2D eigenvalue weighted by Crippen LogP contribution is 2.39. The lowest BCUT2D eigenvalue weighted by Gasteiger charge is -2.25. The maximum absolute atomic E-state index is 5.96. The second-order valence-corrected chi connectivity index (χ2v) is 9.66. The fraction of sp³-hybridized carbons (Fsp3) is 0.370. The quantitative estimate of drug-likeness (QED) is 0.254. The summed E-state index contributed by atoms with van der Waals surface area (Å²) in [6.45, 7) is 1.97. The predicted octanol–water partition coefficient (Wildman–Crippen LogP) is 6.72. The molecule has 1 fully saturated rings. The molecule has 8 heteroatoms. The lowest BCUT2D eigenvalue weighted by molar-refractivity contribution is 0.339. The second kappa shape index (κ2) is 10.6. The van der Waals surface area contributed by atoms with Gasteiger partial charge < -0.3 is 13.9 Å². The Labute approximate surface area is 209 Å². The Morgan fingerprint density at radius 2 is 1.71 bits per heavy atom. The molecule has 0 radical (unpaired) electrons. The summed E-state index contributed by atoms with van der Waals surface area (Å²) < 4.78 is 19.2. The highest BCUT2D eigenvalue weighted by molar-refractivity contribution is 7.98. The molecule has 1 aliphatic rings. The molecule has 0 unspecified atom stereocenters. The van der Waals surface area contributed by atoms with Crippen molar-refractivity contribution in [2.45, 2.75) is 56.0 Å². The van der Waals surface area contributed by atoms with Gasteiger partial charge in [-0.1, -0.05) is 49.2 Å². The number of thioether (sulfide) groups is 1. The predicted molar refractivity (Wildman–Crippen MR) is 137 cm³/mol. The van der Waals surface area contributed by atoms with Crippen LogP contribution in [0.5, 0.6) is 11.5 Å². The molecule has 0 bridgehead atoms. The van der Waals surface area contributed by atoms with E-state index >= 15 is 0 Å². The summed E-state index contributed by atoms with van der Waals surface area (Å²) in [6, 6.07) is 16.3. The Morgan fingerprint density at radius 1 is 0.943 bits per heavy atom. The first-order valence-corrected chi connectivity index (χ1v) is 13.0. The van der Waals surface area contributed by atoms with Crippen LogP contribution in [0, 0.1) is 6.92 Å². The molecule has 0 spiro atoms. The molecule has 2 aromatic carbocycles. The third-order valence-electron chi connectivity index (χ3n) is 6.50. The molecule has 0 atom stereocenters. The summed E-state index contributed by atoms with van der Waals surface area (Å²) in [4.78, 5) is 4.77. The molecular weight excluding hydrogens is 460 g/mol. The normalized spacial score (nSPS) is 14.3. The van der Waals surface area contributed by atoms with Gasteiger partial charge in [-0.25, -0.2) is 4.98 Å². The molecule has 4 aromatic rings. The first-order chi connectivity index (χ1) is 17.2. The lowest BCUT2D eigenvalue weighted by atomic mass is 9.95. The highest BCUT2D eigenvalue weighted by Gasteiger charge is 2.25. The molecule has 1 aliphatic carbocycles. The van der Waals surface area contributed by atoms with E-state index in [2.05, 4.69) is 14.8 Å². The van der Waals surface area contributed by atoms with Crippen LogP contribution in [-0.4, -0.2) is 34.0 Å². The molecule has 0 N–H and O–H groups in total. The molecule has 182 valence electrons. The topological polar surface area (TPSA) is 75.2 Å². The Kier molecular flexibility index (Phi) is 7.08. The third-order valence-corrected chi connectivity index (χ3v) is 7.45. The zero-order valence-corrected chi connectivity index (χ0v) is 21.2. The monoisotopic (exact) mass is 490 g/mol. The van der Waals surface area contributed by atoms with Crippen molar-refractivity contribution in [2.75, 3.05) is 14.2 Å². The number of benzene rings is 2. The third kappa shape index (κ3) is 4.93. The number of aromatic nitrogens is 4. The molecule has 2 heterocycles. The van der Waals surface area contributed by atoms with Crippen molar-refractivity contribution in [2.24, 2.45) is 0 Å². The minimum absolute atomic E-state index is 0.377. The van der Waals surface area contributed by atoms with Gasteiger partial charge in [0.25, 0.3) is 0 Å². The maximum Gasteiger partial charge on any atom is 0.226 e. The lowest BCUT2D eigenvalue weighted by Crippen LogP contribution is -2.15. The van der Waals surface area contributed by atoms with Gasteiger partial charge in [-0.3, -0.25) is 4.57 Å². The number of ether oxygens (including phenoxy) is 2. The standard InChI is InChI=1S/C27H30N4O3S/c1-18-22(28-26(34-18)19-10-6-4-7-11-19)17-35-27-30-29-25(31(27)21-12-8-5-9-13-21)20-14-15-23(32-2)24(16-20)33-3/h4,6-7,10-11,14-16,21H,5,8-9,12-13,17H2,1-3H3. The van der Waals surface area contributed by atoms with Gasteiger partial charge in [0.05, 0.1) is 19.9 Å². The van der Waals surface area contributed by atoms with Gasteiger partial charge in [0.15, 0.2) is 22.5 Å². The zero-order valence-electron chi connectivity index (χ0n) is 20.4. The molecule has 5 rings (SSSR count). The number of nitrogens with zero attached hydrogens (tertiary/aromatic N) is 4. The first-order valence-electron chi connectivity index (χ1n) is 12.0. The summed E-state index contributed by atoms with van der Waals surface area (Å²) in [7, 11) is 3.30. The fourth-order valence-corrected chi connectivity index (χ4v) is 5.62. The van der Waals surface area contributed by atoms with Crippen molar-refractivity contribution >= 4 is 11.8 Å². The van der Waals surface area contributed by atoms with Gasteiger partial charge in [-0.05, 0) is 50.1 Å². The van der Waals surface area contributed by atoms with Gasteiger partial charge in [0.1, 0.15) is 5.76 Å². The van der Waals surface area contributed by atoms with E-state index in [1.54, 1.807) is 26.0 Å². The van der Waals surface area contributed by atoms with Crippen molar-refractivity contribution in [3.05, 3.63) is 60.0 Å². The fourth-order valence-electron chi connectivity index (χ4n) is 4.62. The average Bonchev–Trinajstić information content (AvgIpc) is 3.51. The number of oxazole rings is 1. The zero-order chi connectivity index (χ0) is 24.2. The van der Waals surface area contributed by atoms with Gasteiger partial charge >= 0.3 is 0 Å². The minimum atomic E-state index is 0.377. The number of rotatable bonds is 8. The average molecular weight is 491 g/mol. The minimum Gasteiger partial charge on any atom is -0.493 e. The van der Waals surface area contributed by atoms with Crippen LogP contribution in [0.15, 0.2) is 58.1 Å². The van der Waals surface area contributed by atoms with Gasteiger partial charge in [0.2, 0.25) is 5.89 Å². The molecular formula is C27H30N4O3S. The van der Waals surface area contributed by atoms with Crippen LogP contribution in [0.2, 0.25) is 0 Å². The van der Waals surface area contributed by atoms with E-state index in [0.29, 0.717) is 29.2 Å².